The summed E-state index contributed by atoms with van der Waals surface area (Å²) in [5.74, 6) is -0.399. The smallest absolute Gasteiger partial charge is 0.237 e. The molecule has 0 saturated carbocycles. The lowest BCUT2D eigenvalue weighted by Crippen LogP contribution is -2.33. The highest BCUT2D eigenvalue weighted by molar-refractivity contribution is 8.00. The van der Waals surface area contributed by atoms with Gasteiger partial charge in [-0.1, -0.05) is 42.1 Å². The molecule has 2 aromatic heterocycles. The normalized spacial score (nSPS) is 10.7. The fourth-order valence-corrected chi connectivity index (χ4v) is 5.00. The van der Waals surface area contributed by atoms with Crippen molar-refractivity contribution in [2.75, 3.05) is 17.2 Å². The summed E-state index contributed by atoms with van der Waals surface area (Å²) in [6.07, 6.45) is 1.70. The Morgan fingerprint density at radius 1 is 1.13 bits per heavy atom. The number of amides is 1. The van der Waals surface area contributed by atoms with Gasteiger partial charge >= 0.3 is 0 Å². The van der Waals surface area contributed by atoms with Crippen molar-refractivity contribution in [2.24, 2.45) is 0 Å². The summed E-state index contributed by atoms with van der Waals surface area (Å²) in [6.45, 7) is 0.247. The largest absolute Gasteiger partial charge is 0.311 e. The van der Waals surface area contributed by atoms with E-state index < -0.39 is 0 Å². The van der Waals surface area contributed by atoms with Gasteiger partial charge in [-0.3, -0.25) is 4.79 Å². The van der Waals surface area contributed by atoms with Crippen LogP contribution in [-0.2, 0) is 4.79 Å². The van der Waals surface area contributed by atoms with Gasteiger partial charge in [-0.25, -0.2) is 14.4 Å². The first-order chi connectivity index (χ1) is 15.2. The maximum absolute atomic E-state index is 13.3. The Kier molecular flexibility index (Phi) is 6.55. The van der Waals surface area contributed by atoms with Crippen molar-refractivity contribution >= 4 is 44.9 Å². The second kappa shape index (κ2) is 9.69. The zero-order chi connectivity index (χ0) is 21.6. The summed E-state index contributed by atoms with van der Waals surface area (Å²) >= 11 is 2.92. The van der Waals surface area contributed by atoms with Crippen LogP contribution >= 0.6 is 23.1 Å². The molecular weight excluding hydrogens is 431 g/mol. The number of carbonyl (C=O) groups is 1. The molecule has 8 heteroatoms. The number of carbonyl (C=O) groups excluding carboxylic acids is 1. The molecule has 0 N–H and O–H groups in total. The molecule has 1 amide bonds. The molecule has 31 heavy (non-hydrogen) atoms. The lowest BCUT2D eigenvalue weighted by atomic mass is 10.2. The number of hydrogen-bond donors (Lipinski definition) is 0. The van der Waals surface area contributed by atoms with Crippen molar-refractivity contribution in [3.05, 3.63) is 72.8 Å². The van der Waals surface area contributed by atoms with Gasteiger partial charge in [0.1, 0.15) is 22.0 Å². The van der Waals surface area contributed by atoms with E-state index in [2.05, 4.69) is 22.1 Å². The van der Waals surface area contributed by atoms with Gasteiger partial charge < -0.3 is 4.90 Å². The Bertz CT molecular complexity index is 1240. The third-order valence-corrected chi connectivity index (χ3v) is 6.65. The second-order valence-corrected chi connectivity index (χ2v) is 8.59. The highest BCUT2D eigenvalue weighted by Gasteiger charge is 2.18. The highest BCUT2D eigenvalue weighted by Crippen LogP contribution is 2.36. The maximum atomic E-state index is 13.3. The molecular formula is C23H17FN4OS2. The average molecular weight is 449 g/mol. The third-order valence-electron chi connectivity index (χ3n) is 4.57. The zero-order valence-electron chi connectivity index (χ0n) is 16.4. The van der Waals surface area contributed by atoms with Crippen LogP contribution in [0.2, 0.25) is 0 Å². The van der Waals surface area contributed by atoms with Crippen LogP contribution in [0.4, 0.5) is 10.1 Å². The quantitative estimate of drug-likeness (QED) is 0.274. The topological polar surface area (TPSA) is 69.9 Å². The average Bonchev–Trinajstić information content (AvgIpc) is 3.25. The molecule has 0 radical (unpaired) electrons. The highest BCUT2D eigenvalue weighted by atomic mass is 32.2. The standard InChI is InChI=1S/C23H17FN4OS2/c24-17-7-9-18(10-8-17)28(12-4-11-25)21(29)14-30-22-19-13-20(16-5-2-1-3-6-16)31-23(19)27-15-26-22/h1-3,5-10,13,15H,4,12,14H2. The fraction of sp³-hybridized carbons (Fsp3) is 0.130. The maximum Gasteiger partial charge on any atom is 0.237 e. The van der Waals surface area contributed by atoms with Crippen LogP contribution in [0.5, 0.6) is 0 Å². The van der Waals surface area contributed by atoms with Crippen molar-refractivity contribution < 1.29 is 9.18 Å². The number of thioether (sulfide) groups is 1. The number of halogens is 1. The molecule has 0 aliphatic rings. The van der Waals surface area contributed by atoms with Crippen LogP contribution in [-0.4, -0.2) is 28.2 Å². The summed E-state index contributed by atoms with van der Waals surface area (Å²) in [4.78, 5) is 25.1. The van der Waals surface area contributed by atoms with Gasteiger partial charge in [-0.2, -0.15) is 5.26 Å². The molecule has 4 rings (SSSR count). The van der Waals surface area contributed by atoms with E-state index >= 15 is 0 Å². The molecule has 0 bridgehead atoms. The molecule has 0 aliphatic heterocycles. The van der Waals surface area contributed by atoms with Crippen molar-refractivity contribution in [1.82, 2.24) is 9.97 Å². The third kappa shape index (κ3) is 4.90. The number of benzene rings is 2. The summed E-state index contributed by atoms with van der Waals surface area (Å²) < 4.78 is 13.3. The zero-order valence-corrected chi connectivity index (χ0v) is 18.0. The molecule has 0 atom stereocenters. The Labute approximate surface area is 187 Å². The minimum atomic E-state index is -0.374. The molecule has 0 saturated heterocycles. The van der Waals surface area contributed by atoms with E-state index in [0.29, 0.717) is 5.69 Å². The van der Waals surface area contributed by atoms with Crippen LogP contribution in [0.3, 0.4) is 0 Å². The minimum Gasteiger partial charge on any atom is -0.311 e. The minimum absolute atomic E-state index is 0.144. The number of anilines is 1. The van der Waals surface area contributed by atoms with Gasteiger partial charge in [0.25, 0.3) is 0 Å². The van der Waals surface area contributed by atoms with E-state index in [1.807, 2.05) is 30.3 Å². The Balaban J connectivity index is 1.54. The summed E-state index contributed by atoms with van der Waals surface area (Å²) in [5.41, 5.74) is 1.67. The van der Waals surface area contributed by atoms with E-state index in [9.17, 15) is 9.18 Å². The van der Waals surface area contributed by atoms with E-state index in [-0.39, 0.29) is 30.4 Å². The predicted molar refractivity (Wildman–Crippen MR) is 123 cm³/mol. The van der Waals surface area contributed by atoms with E-state index in [0.717, 1.165) is 25.7 Å². The Morgan fingerprint density at radius 3 is 2.65 bits per heavy atom. The monoisotopic (exact) mass is 448 g/mol. The summed E-state index contributed by atoms with van der Waals surface area (Å²) in [6, 6.07) is 19.9. The van der Waals surface area contributed by atoms with E-state index in [1.54, 1.807) is 23.5 Å². The van der Waals surface area contributed by atoms with Crippen LogP contribution in [0.15, 0.2) is 72.0 Å². The molecule has 4 aromatic rings. The molecule has 0 spiro atoms. The van der Waals surface area contributed by atoms with E-state index in [4.69, 9.17) is 5.26 Å². The molecule has 5 nitrogen and oxygen atoms in total. The molecule has 0 unspecified atom stereocenters. The molecule has 0 fully saturated rings. The van der Waals surface area contributed by atoms with Crippen LogP contribution in [0.25, 0.3) is 20.7 Å². The number of hydrogen-bond acceptors (Lipinski definition) is 6. The fourth-order valence-electron chi connectivity index (χ4n) is 3.08. The van der Waals surface area contributed by atoms with Crippen molar-refractivity contribution in [3.8, 4) is 16.5 Å². The molecule has 2 heterocycles. The predicted octanol–water partition coefficient (Wildman–Crippen LogP) is 5.54. The van der Waals surface area contributed by atoms with Gasteiger partial charge in [0, 0.05) is 22.5 Å². The molecule has 0 aliphatic carbocycles. The van der Waals surface area contributed by atoms with Crippen LogP contribution in [0.1, 0.15) is 6.42 Å². The van der Waals surface area contributed by atoms with Crippen LogP contribution in [0, 0.1) is 17.1 Å². The lowest BCUT2D eigenvalue weighted by molar-refractivity contribution is -0.116. The van der Waals surface area contributed by atoms with Gasteiger partial charge in [-0.15, -0.1) is 11.3 Å². The number of nitrogens with zero attached hydrogens (tertiary/aromatic N) is 4. The summed E-state index contributed by atoms with van der Waals surface area (Å²) in [7, 11) is 0. The van der Waals surface area contributed by atoms with Gasteiger partial charge in [0.2, 0.25) is 5.91 Å². The van der Waals surface area contributed by atoms with Crippen molar-refractivity contribution in [2.45, 2.75) is 11.4 Å². The van der Waals surface area contributed by atoms with Crippen LogP contribution < -0.4 is 4.90 Å². The van der Waals surface area contributed by atoms with E-state index in [1.165, 1.54) is 35.1 Å². The van der Waals surface area contributed by atoms with Gasteiger partial charge in [0.15, 0.2) is 0 Å². The lowest BCUT2D eigenvalue weighted by Gasteiger charge is -2.21. The Morgan fingerprint density at radius 2 is 1.90 bits per heavy atom. The van der Waals surface area contributed by atoms with Crippen molar-refractivity contribution in [3.63, 3.8) is 0 Å². The molecule has 2 aromatic carbocycles. The number of rotatable bonds is 7. The first kappa shape index (κ1) is 21.0. The van der Waals surface area contributed by atoms with Crippen molar-refractivity contribution in [1.29, 1.82) is 5.26 Å². The van der Waals surface area contributed by atoms with Gasteiger partial charge in [-0.05, 0) is 35.9 Å². The number of fused-ring (bicyclic) bond motifs is 1. The second-order valence-electron chi connectivity index (χ2n) is 6.59. The first-order valence-corrected chi connectivity index (χ1v) is 11.3. The Hall–Kier alpha value is -3.28. The number of thiophene rings is 1. The first-order valence-electron chi connectivity index (χ1n) is 9.51. The summed E-state index contributed by atoms with van der Waals surface area (Å²) in [5, 5.41) is 10.6. The number of aromatic nitrogens is 2. The van der Waals surface area contributed by atoms with Gasteiger partial charge in [0.05, 0.1) is 18.2 Å². The number of nitriles is 1. The molecule has 154 valence electrons. The SMILES string of the molecule is N#CCCN(C(=O)CSc1ncnc2sc(-c3ccccc3)cc12)c1ccc(F)cc1.